The monoisotopic (exact) mass is 312 g/mol. The van der Waals surface area contributed by atoms with Crippen LogP contribution in [-0.4, -0.2) is 24.1 Å². The van der Waals surface area contributed by atoms with E-state index in [4.69, 9.17) is 16.3 Å². The fourth-order valence-corrected chi connectivity index (χ4v) is 1.74. The number of ether oxygens (including phenoxy) is 1. The number of carbonyl (C=O) groups is 2. The SMILES string of the molecule is CC(C)(C)OC(=O)NCCC(=O)NCc1cccc(Cl)c1. The van der Waals surface area contributed by atoms with Crippen molar-refractivity contribution < 1.29 is 14.3 Å². The molecule has 5 nitrogen and oxygen atoms in total. The first-order valence-electron chi connectivity index (χ1n) is 6.74. The summed E-state index contributed by atoms with van der Waals surface area (Å²) in [5.41, 5.74) is 0.384. The maximum atomic E-state index is 11.6. The minimum absolute atomic E-state index is 0.147. The largest absolute Gasteiger partial charge is 0.444 e. The van der Waals surface area contributed by atoms with Crippen molar-refractivity contribution in [1.82, 2.24) is 10.6 Å². The normalized spacial score (nSPS) is 10.9. The molecule has 116 valence electrons. The van der Waals surface area contributed by atoms with Crippen molar-refractivity contribution in [2.75, 3.05) is 6.54 Å². The summed E-state index contributed by atoms with van der Waals surface area (Å²) in [5.74, 6) is -0.147. The third-order valence-corrected chi connectivity index (χ3v) is 2.63. The van der Waals surface area contributed by atoms with Crippen LogP contribution in [0.5, 0.6) is 0 Å². The van der Waals surface area contributed by atoms with Gasteiger partial charge in [-0.2, -0.15) is 0 Å². The van der Waals surface area contributed by atoms with Crippen molar-refractivity contribution in [2.45, 2.75) is 39.3 Å². The first kappa shape index (κ1) is 17.3. The summed E-state index contributed by atoms with van der Waals surface area (Å²) in [6.07, 6.45) is -0.329. The van der Waals surface area contributed by atoms with Crippen LogP contribution in [0, 0.1) is 0 Å². The van der Waals surface area contributed by atoms with Crippen molar-refractivity contribution in [3.63, 3.8) is 0 Å². The molecule has 0 heterocycles. The lowest BCUT2D eigenvalue weighted by Crippen LogP contribution is -2.35. The number of hydrogen-bond donors (Lipinski definition) is 2. The molecule has 0 aliphatic carbocycles. The number of nitrogens with one attached hydrogen (secondary N) is 2. The van der Waals surface area contributed by atoms with Crippen molar-refractivity contribution in [3.05, 3.63) is 34.9 Å². The van der Waals surface area contributed by atoms with E-state index in [1.807, 2.05) is 12.1 Å². The molecule has 0 radical (unpaired) electrons. The van der Waals surface area contributed by atoms with E-state index in [0.717, 1.165) is 5.56 Å². The average molecular weight is 313 g/mol. The van der Waals surface area contributed by atoms with Crippen LogP contribution < -0.4 is 10.6 Å². The minimum Gasteiger partial charge on any atom is -0.444 e. The van der Waals surface area contributed by atoms with Crippen LogP contribution in [0.1, 0.15) is 32.8 Å². The lowest BCUT2D eigenvalue weighted by Gasteiger charge is -2.19. The highest BCUT2D eigenvalue weighted by molar-refractivity contribution is 6.30. The van der Waals surface area contributed by atoms with Crippen molar-refractivity contribution in [1.29, 1.82) is 0 Å². The van der Waals surface area contributed by atoms with E-state index in [2.05, 4.69) is 10.6 Å². The third-order valence-electron chi connectivity index (χ3n) is 2.40. The molecule has 0 unspecified atom stereocenters. The Morgan fingerprint density at radius 1 is 1.24 bits per heavy atom. The van der Waals surface area contributed by atoms with E-state index in [1.165, 1.54) is 0 Å². The molecular formula is C15H21ClN2O3. The van der Waals surface area contributed by atoms with E-state index < -0.39 is 11.7 Å². The zero-order chi connectivity index (χ0) is 15.9. The first-order valence-corrected chi connectivity index (χ1v) is 7.12. The lowest BCUT2D eigenvalue weighted by atomic mass is 10.2. The summed E-state index contributed by atoms with van der Waals surface area (Å²) < 4.78 is 5.07. The van der Waals surface area contributed by atoms with Gasteiger partial charge in [-0.25, -0.2) is 4.79 Å². The number of alkyl carbamates (subject to hydrolysis) is 1. The molecule has 0 aliphatic heterocycles. The predicted molar refractivity (Wildman–Crippen MR) is 82.2 cm³/mol. The summed E-state index contributed by atoms with van der Waals surface area (Å²) in [6.45, 7) is 5.99. The summed E-state index contributed by atoms with van der Waals surface area (Å²) in [6, 6.07) is 7.28. The molecule has 21 heavy (non-hydrogen) atoms. The third kappa shape index (κ3) is 8.19. The maximum Gasteiger partial charge on any atom is 0.407 e. The Labute approximate surface area is 130 Å². The molecule has 0 fully saturated rings. The van der Waals surface area contributed by atoms with Crippen LogP contribution in [0.4, 0.5) is 4.79 Å². The molecule has 6 heteroatoms. The summed E-state index contributed by atoms with van der Waals surface area (Å²) >= 11 is 5.86. The summed E-state index contributed by atoms with van der Waals surface area (Å²) in [4.78, 5) is 23.0. The number of carbonyl (C=O) groups excluding carboxylic acids is 2. The smallest absolute Gasteiger partial charge is 0.407 e. The van der Waals surface area contributed by atoms with Gasteiger partial charge in [0.15, 0.2) is 0 Å². The zero-order valence-electron chi connectivity index (χ0n) is 12.5. The average Bonchev–Trinajstić information content (AvgIpc) is 2.34. The second-order valence-electron chi connectivity index (χ2n) is 5.59. The van der Waals surface area contributed by atoms with Gasteiger partial charge in [0.2, 0.25) is 5.91 Å². The van der Waals surface area contributed by atoms with E-state index >= 15 is 0 Å². The van der Waals surface area contributed by atoms with Crippen molar-refractivity contribution >= 4 is 23.6 Å². The molecule has 1 aromatic carbocycles. The standard InChI is InChI=1S/C15H21ClN2O3/c1-15(2,3)21-14(20)17-8-7-13(19)18-10-11-5-4-6-12(16)9-11/h4-6,9H,7-8,10H2,1-3H3,(H,17,20)(H,18,19). The van der Waals surface area contributed by atoms with E-state index in [0.29, 0.717) is 11.6 Å². The van der Waals surface area contributed by atoms with E-state index in [9.17, 15) is 9.59 Å². The predicted octanol–water partition coefficient (Wildman–Crippen LogP) is 2.87. The van der Waals surface area contributed by atoms with E-state index in [-0.39, 0.29) is 18.9 Å². The highest BCUT2D eigenvalue weighted by Crippen LogP contribution is 2.10. The van der Waals surface area contributed by atoms with Gasteiger partial charge in [0.05, 0.1) is 0 Å². The second kappa shape index (κ2) is 7.88. The van der Waals surface area contributed by atoms with Gasteiger partial charge >= 0.3 is 6.09 Å². The summed E-state index contributed by atoms with van der Waals surface area (Å²) in [7, 11) is 0. The molecular weight excluding hydrogens is 292 g/mol. The Kier molecular flexibility index (Phi) is 6.49. The Bertz CT molecular complexity index is 498. The minimum atomic E-state index is -0.543. The molecule has 0 spiro atoms. The van der Waals surface area contributed by atoms with Crippen molar-refractivity contribution in [2.24, 2.45) is 0 Å². The van der Waals surface area contributed by atoms with Gasteiger partial charge in [0.1, 0.15) is 5.60 Å². The molecule has 0 saturated heterocycles. The van der Waals surface area contributed by atoms with Crippen LogP contribution in [0.25, 0.3) is 0 Å². The molecule has 0 bridgehead atoms. The van der Waals surface area contributed by atoms with Gasteiger partial charge in [-0.3, -0.25) is 4.79 Å². The quantitative estimate of drug-likeness (QED) is 0.878. The topological polar surface area (TPSA) is 67.4 Å². The number of benzene rings is 1. The van der Waals surface area contributed by atoms with Gasteiger partial charge in [-0.05, 0) is 38.5 Å². The maximum absolute atomic E-state index is 11.6. The lowest BCUT2D eigenvalue weighted by molar-refractivity contribution is -0.121. The van der Waals surface area contributed by atoms with Crippen LogP contribution in [0.15, 0.2) is 24.3 Å². The van der Waals surface area contributed by atoms with Crippen LogP contribution in [0.2, 0.25) is 5.02 Å². The van der Waals surface area contributed by atoms with Gasteiger partial charge in [-0.15, -0.1) is 0 Å². The molecule has 2 amide bonds. The summed E-state index contributed by atoms with van der Waals surface area (Å²) in [5, 5.41) is 5.93. The molecule has 1 rings (SSSR count). The van der Waals surface area contributed by atoms with Gasteiger partial charge in [0, 0.05) is 24.5 Å². The Hall–Kier alpha value is -1.75. The van der Waals surface area contributed by atoms with Gasteiger partial charge in [0.25, 0.3) is 0 Å². The molecule has 2 N–H and O–H groups in total. The molecule has 0 aromatic heterocycles. The highest BCUT2D eigenvalue weighted by atomic mass is 35.5. The molecule has 0 saturated carbocycles. The van der Waals surface area contributed by atoms with Gasteiger partial charge in [-0.1, -0.05) is 23.7 Å². The number of halogens is 1. The Morgan fingerprint density at radius 3 is 2.57 bits per heavy atom. The van der Waals surface area contributed by atoms with Gasteiger partial charge < -0.3 is 15.4 Å². The second-order valence-corrected chi connectivity index (χ2v) is 6.02. The Balaban J connectivity index is 2.21. The fraction of sp³-hybridized carbons (Fsp3) is 0.467. The number of rotatable bonds is 5. The van der Waals surface area contributed by atoms with Crippen LogP contribution in [-0.2, 0) is 16.1 Å². The first-order chi connectivity index (χ1) is 9.76. The van der Waals surface area contributed by atoms with Crippen LogP contribution >= 0.6 is 11.6 Å². The van der Waals surface area contributed by atoms with E-state index in [1.54, 1.807) is 32.9 Å². The molecule has 0 aliphatic rings. The Morgan fingerprint density at radius 2 is 1.95 bits per heavy atom. The number of hydrogen-bond acceptors (Lipinski definition) is 3. The number of amides is 2. The molecule has 1 aromatic rings. The van der Waals surface area contributed by atoms with Crippen LogP contribution in [0.3, 0.4) is 0 Å². The zero-order valence-corrected chi connectivity index (χ0v) is 13.3. The van der Waals surface area contributed by atoms with Crippen molar-refractivity contribution in [3.8, 4) is 0 Å². The highest BCUT2D eigenvalue weighted by Gasteiger charge is 2.15. The fourth-order valence-electron chi connectivity index (χ4n) is 1.53. The molecule has 0 atom stereocenters.